The molecule has 3 aromatic carbocycles. The molecule has 4 rings (SSSR count). The zero-order chi connectivity index (χ0) is 21.2. The lowest BCUT2D eigenvalue weighted by atomic mass is 9.78. The van der Waals surface area contributed by atoms with Crippen molar-refractivity contribution in [1.82, 2.24) is 0 Å². The summed E-state index contributed by atoms with van der Waals surface area (Å²) in [6.07, 6.45) is 1.82. The molecule has 0 radical (unpaired) electrons. The molecule has 1 fully saturated rings. The van der Waals surface area contributed by atoms with Crippen LogP contribution in [0.25, 0.3) is 11.1 Å². The summed E-state index contributed by atoms with van der Waals surface area (Å²) in [5.41, 5.74) is 7.64. The maximum Gasteiger partial charge on any atom is 0.494 e. The summed E-state index contributed by atoms with van der Waals surface area (Å²) in [5, 5.41) is 4.30. The van der Waals surface area contributed by atoms with Gasteiger partial charge in [0.2, 0.25) is 0 Å². The molecule has 1 aliphatic heterocycles. The minimum atomic E-state index is -0.356. The minimum Gasteiger partial charge on any atom is -0.399 e. The molecule has 0 bridgehead atoms. The molecule has 4 nitrogen and oxygen atoms in total. The van der Waals surface area contributed by atoms with Gasteiger partial charge in [0, 0.05) is 0 Å². The smallest absolute Gasteiger partial charge is 0.399 e. The molecule has 0 atom stereocenters. The summed E-state index contributed by atoms with van der Waals surface area (Å²) >= 11 is 0. The number of nitrogens with one attached hydrogen (secondary N) is 1. The molecule has 1 N–H and O–H groups in total. The molecule has 0 spiro atoms. The minimum absolute atomic E-state index is 0.345. The molecule has 5 heteroatoms. The van der Waals surface area contributed by atoms with Gasteiger partial charge in [0.05, 0.1) is 23.1 Å². The fourth-order valence-electron chi connectivity index (χ4n) is 3.30. The second kappa shape index (κ2) is 8.09. The first-order valence-electron chi connectivity index (χ1n) is 10.2. The molecule has 3 aromatic rings. The number of benzene rings is 3. The highest BCUT2D eigenvalue weighted by atomic mass is 16.7. The average molecular weight is 398 g/mol. The van der Waals surface area contributed by atoms with Crippen LogP contribution in [0.4, 0.5) is 5.69 Å². The van der Waals surface area contributed by atoms with Crippen LogP contribution in [0.15, 0.2) is 84.0 Å². The standard InChI is InChI=1S/C25H27BN2O2/c1-24(2)25(3,4)30-26(29-24)22-10-8-9-21(17-22)20-15-13-19(14-16-20)18-27-28-23-11-6-5-7-12-23/h5-18,28H,1-4H3. The summed E-state index contributed by atoms with van der Waals surface area (Å²) in [6.45, 7) is 8.29. The van der Waals surface area contributed by atoms with Gasteiger partial charge in [-0.05, 0) is 62.0 Å². The zero-order valence-electron chi connectivity index (χ0n) is 17.9. The van der Waals surface area contributed by atoms with E-state index in [4.69, 9.17) is 9.31 Å². The van der Waals surface area contributed by atoms with Crippen molar-refractivity contribution in [3.05, 3.63) is 84.4 Å². The molecule has 1 aliphatic rings. The molecule has 0 saturated carbocycles. The van der Waals surface area contributed by atoms with Crippen LogP contribution in [0.5, 0.6) is 0 Å². The van der Waals surface area contributed by atoms with Gasteiger partial charge in [0.1, 0.15) is 0 Å². The number of para-hydroxylation sites is 1. The van der Waals surface area contributed by atoms with Crippen LogP contribution < -0.4 is 10.9 Å². The SMILES string of the molecule is CC1(C)OB(c2cccc(-c3ccc(C=NNc4ccccc4)cc3)c2)OC1(C)C. The lowest BCUT2D eigenvalue weighted by molar-refractivity contribution is 0.00578. The Hall–Kier alpha value is -2.89. The third kappa shape index (κ3) is 4.32. The number of anilines is 1. The number of nitrogens with zero attached hydrogens (tertiary/aromatic N) is 1. The Balaban J connectivity index is 1.47. The zero-order valence-corrected chi connectivity index (χ0v) is 17.9. The van der Waals surface area contributed by atoms with Gasteiger partial charge in [-0.3, -0.25) is 5.43 Å². The second-order valence-corrected chi connectivity index (χ2v) is 8.57. The molecule has 1 heterocycles. The van der Waals surface area contributed by atoms with Crippen molar-refractivity contribution < 1.29 is 9.31 Å². The Morgan fingerprint density at radius 1 is 0.767 bits per heavy atom. The Bertz CT molecular complexity index is 1010. The van der Waals surface area contributed by atoms with Gasteiger partial charge in [0.15, 0.2) is 0 Å². The van der Waals surface area contributed by atoms with Gasteiger partial charge in [-0.15, -0.1) is 0 Å². The Morgan fingerprint density at radius 3 is 2.10 bits per heavy atom. The van der Waals surface area contributed by atoms with Crippen molar-refractivity contribution in [1.29, 1.82) is 0 Å². The quantitative estimate of drug-likeness (QED) is 0.370. The van der Waals surface area contributed by atoms with Crippen LogP contribution in [-0.4, -0.2) is 24.5 Å². The number of rotatable bonds is 5. The van der Waals surface area contributed by atoms with Crippen molar-refractivity contribution in [3.63, 3.8) is 0 Å². The molecular weight excluding hydrogens is 371 g/mol. The first-order chi connectivity index (χ1) is 14.3. The normalized spacial score (nSPS) is 17.4. The summed E-state index contributed by atoms with van der Waals surface area (Å²) < 4.78 is 12.4. The van der Waals surface area contributed by atoms with Crippen molar-refractivity contribution in [2.75, 3.05) is 5.43 Å². The first kappa shape index (κ1) is 20.4. The summed E-state index contributed by atoms with van der Waals surface area (Å²) in [7, 11) is -0.356. The van der Waals surface area contributed by atoms with Gasteiger partial charge >= 0.3 is 7.12 Å². The summed E-state index contributed by atoms with van der Waals surface area (Å²) in [5.74, 6) is 0. The van der Waals surface area contributed by atoms with Gasteiger partial charge in [-0.1, -0.05) is 66.7 Å². The molecule has 0 amide bonds. The molecular formula is C25H27BN2O2. The highest BCUT2D eigenvalue weighted by Gasteiger charge is 2.51. The van der Waals surface area contributed by atoms with Crippen LogP contribution in [-0.2, 0) is 9.31 Å². The van der Waals surface area contributed by atoms with E-state index >= 15 is 0 Å². The van der Waals surface area contributed by atoms with E-state index in [-0.39, 0.29) is 18.3 Å². The molecule has 152 valence electrons. The van der Waals surface area contributed by atoms with Crippen molar-refractivity contribution in [2.45, 2.75) is 38.9 Å². The summed E-state index contributed by atoms with van der Waals surface area (Å²) in [4.78, 5) is 0. The summed E-state index contributed by atoms with van der Waals surface area (Å²) in [6, 6.07) is 26.6. The largest absolute Gasteiger partial charge is 0.494 e. The number of hydrazone groups is 1. The molecule has 0 aromatic heterocycles. The van der Waals surface area contributed by atoms with Crippen LogP contribution in [0.1, 0.15) is 33.3 Å². The molecule has 1 saturated heterocycles. The van der Waals surface area contributed by atoms with E-state index < -0.39 is 0 Å². The van der Waals surface area contributed by atoms with E-state index in [0.717, 1.165) is 27.8 Å². The number of hydrogen-bond donors (Lipinski definition) is 1. The highest BCUT2D eigenvalue weighted by molar-refractivity contribution is 6.62. The third-order valence-electron chi connectivity index (χ3n) is 5.84. The Morgan fingerprint density at radius 2 is 1.43 bits per heavy atom. The maximum atomic E-state index is 6.19. The Kier molecular flexibility index (Phi) is 5.50. The van der Waals surface area contributed by atoms with E-state index in [1.165, 1.54) is 0 Å². The highest BCUT2D eigenvalue weighted by Crippen LogP contribution is 2.36. The van der Waals surface area contributed by atoms with E-state index in [9.17, 15) is 0 Å². The predicted molar refractivity (Wildman–Crippen MR) is 125 cm³/mol. The monoisotopic (exact) mass is 398 g/mol. The first-order valence-corrected chi connectivity index (χ1v) is 10.2. The predicted octanol–water partition coefficient (Wildman–Crippen LogP) is 5.10. The van der Waals surface area contributed by atoms with E-state index in [1.54, 1.807) is 0 Å². The maximum absolute atomic E-state index is 6.19. The van der Waals surface area contributed by atoms with Gasteiger partial charge < -0.3 is 9.31 Å². The van der Waals surface area contributed by atoms with Crippen molar-refractivity contribution in [3.8, 4) is 11.1 Å². The molecule has 0 unspecified atom stereocenters. The third-order valence-corrected chi connectivity index (χ3v) is 5.84. The fraction of sp³-hybridized carbons (Fsp3) is 0.240. The van der Waals surface area contributed by atoms with Gasteiger partial charge in [0.25, 0.3) is 0 Å². The fourth-order valence-corrected chi connectivity index (χ4v) is 3.30. The van der Waals surface area contributed by atoms with E-state index in [1.807, 2.05) is 36.5 Å². The lowest BCUT2D eigenvalue weighted by Crippen LogP contribution is -2.41. The Labute approximate surface area is 179 Å². The molecule has 0 aliphatic carbocycles. The number of hydrogen-bond acceptors (Lipinski definition) is 4. The van der Waals surface area contributed by atoms with Gasteiger partial charge in [-0.2, -0.15) is 5.10 Å². The van der Waals surface area contributed by atoms with Crippen LogP contribution in [0.2, 0.25) is 0 Å². The van der Waals surface area contributed by atoms with Crippen LogP contribution >= 0.6 is 0 Å². The topological polar surface area (TPSA) is 42.8 Å². The van der Waals surface area contributed by atoms with E-state index in [2.05, 4.69) is 86.8 Å². The van der Waals surface area contributed by atoms with E-state index in [0.29, 0.717) is 0 Å². The van der Waals surface area contributed by atoms with Gasteiger partial charge in [-0.25, -0.2) is 0 Å². The molecule has 30 heavy (non-hydrogen) atoms. The average Bonchev–Trinajstić information content (AvgIpc) is 2.97. The van der Waals surface area contributed by atoms with Crippen molar-refractivity contribution in [2.24, 2.45) is 5.10 Å². The van der Waals surface area contributed by atoms with Crippen LogP contribution in [0, 0.1) is 0 Å². The van der Waals surface area contributed by atoms with Crippen LogP contribution in [0.3, 0.4) is 0 Å². The lowest BCUT2D eigenvalue weighted by Gasteiger charge is -2.32. The second-order valence-electron chi connectivity index (χ2n) is 8.57. The van der Waals surface area contributed by atoms with Crippen molar-refractivity contribution >= 4 is 24.5 Å².